The normalized spacial score (nSPS) is 21.5. The number of allylic oxidation sites excluding steroid dienone is 2. The number of rotatable bonds is 6. The molecule has 0 saturated carbocycles. The molecule has 0 bridgehead atoms. The van der Waals surface area contributed by atoms with E-state index in [0.717, 1.165) is 36.1 Å². The monoisotopic (exact) mass is 420 g/mol. The number of nitrogens with zero attached hydrogens (tertiary/aromatic N) is 2. The molecule has 1 atom stereocenters. The van der Waals surface area contributed by atoms with Crippen LogP contribution in [0.4, 0.5) is 10.1 Å². The average Bonchev–Trinajstić information content (AvgIpc) is 2.75. The molecule has 0 spiro atoms. The highest BCUT2D eigenvalue weighted by molar-refractivity contribution is 7.78. The zero-order chi connectivity index (χ0) is 21.6. The van der Waals surface area contributed by atoms with Gasteiger partial charge in [-0.1, -0.05) is 37.4 Å². The summed E-state index contributed by atoms with van der Waals surface area (Å²) in [5.41, 5.74) is 11.2. The van der Waals surface area contributed by atoms with Crippen molar-refractivity contribution in [1.82, 2.24) is 4.72 Å². The van der Waals surface area contributed by atoms with E-state index in [2.05, 4.69) is 42.7 Å². The van der Waals surface area contributed by atoms with Crippen LogP contribution < -0.4 is 10.5 Å². The summed E-state index contributed by atoms with van der Waals surface area (Å²) in [6.07, 6.45) is 6.00. The molecule has 0 amide bonds. The molecule has 3 N–H and O–H groups in total. The zero-order valence-electron chi connectivity index (χ0n) is 16.9. The highest BCUT2D eigenvalue weighted by atomic mass is 32.1. The Hall–Kier alpha value is -2.88. The van der Waals surface area contributed by atoms with Gasteiger partial charge in [0, 0.05) is 6.54 Å². The molecule has 4 nitrogen and oxygen atoms in total. The standard InChI is InChI=1S/C24H25FN4S/c1-24(13-17-3-2-4-18(11-17)15-26)14-19(16-27)23(12-20(24)9-10-28-30)29-22-7-5-21(25)6-8-22/h2-8,11-12,16,28,30H,9-10,13-14,27H2,1H3. The van der Waals surface area contributed by atoms with Crippen LogP contribution in [0.15, 0.2) is 76.9 Å². The second-order valence-corrected chi connectivity index (χ2v) is 8.04. The molecule has 0 radical (unpaired) electrons. The molecule has 0 aromatic heterocycles. The Morgan fingerprint density at radius 3 is 2.73 bits per heavy atom. The highest BCUT2D eigenvalue weighted by Gasteiger charge is 2.35. The van der Waals surface area contributed by atoms with E-state index in [9.17, 15) is 9.65 Å². The van der Waals surface area contributed by atoms with Gasteiger partial charge in [-0.3, -0.25) is 4.72 Å². The fourth-order valence-electron chi connectivity index (χ4n) is 3.90. The zero-order valence-corrected chi connectivity index (χ0v) is 17.8. The van der Waals surface area contributed by atoms with Gasteiger partial charge in [0.2, 0.25) is 0 Å². The summed E-state index contributed by atoms with van der Waals surface area (Å²) in [4.78, 5) is 4.71. The van der Waals surface area contributed by atoms with E-state index < -0.39 is 0 Å². The number of nitrogens with one attached hydrogen (secondary N) is 1. The number of nitrogens with two attached hydrogens (primary N) is 1. The summed E-state index contributed by atoms with van der Waals surface area (Å²) in [5, 5.41) is 9.23. The Balaban J connectivity index is 2.01. The predicted octanol–water partition coefficient (Wildman–Crippen LogP) is 5.02. The van der Waals surface area contributed by atoms with Gasteiger partial charge in [-0.25, -0.2) is 9.38 Å². The number of thiol groups is 1. The smallest absolute Gasteiger partial charge is 0.123 e. The molecule has 3 rings (SSSR count). The van der Waals surface area contributed by atoms with Crippen LogP contribution in [-0.2, 0) is 6.42 Å². The lowest BCUT2D eigenvalue weighted by Gasteiger charge is -2.37. The molecule has 30 heavy (non-hydrogen) atoms. The maximum Gasteiger partial charge on any atom is 0.123 e. The van der Waals surface area contributed by atoms with Crippen molar-refractivity contribution in [1.29, 1.82) is 5.26 Å². The Kier molecular flexibility index (Phi) is 7.09. The molecule has 6 heteroatoms. The molecule has 1 aliphatic carbocycles. The summed E-state index contributed by atoms with van der Waals surface area (Å²) in [7, 11) is 0. The van der Waals surface area contributed by atoms with Crippen LogP contribution in [0.25, 0.3) is 0 Å². The van der Waals surface area contributed by atoms with E-state index >= 15 is 0 Å². The van der Waals surface area contributed by atoms with E-state index in [0.29, 0.717) is 17.8 Å². The predicted molar refractivity (Wildman–Crippen MR) is 123 cm³/mol. The molecular formula is C24H25FN4S. The first-order valence-electron chi connectivity index (χ1n) is 9.80. The Morgan fingerprint density at radius 1 is 1.30 bits per heavy atom. The van der Waals surface area contributed by atoms with Gasteiger partial charge in [0.1, 0.15) is 5.82 Å². The topological polar surface area (TPSA) is 74.2 Å². The summed E-state index contributed by atoms with van der Waals surface area (Å²) in [5.74, 6) is -0.291. The van der Waals surface area contributed by atoms with E-state index in [1.807, 2.05) is 18.2 Å². The van der Waals surface area contributed by atoms with E-state index in [-0.39, 0.29) is 11.2 Å². The first kappa shape index (κ1) is 21.8. The van der Waals surface area contributed by atoms with E-state index in [1.54, 1.807) is 18.3 Å². The van der Waals surface area contributed by atoms with Crippen LogP contribution in [0.5, 0.6) is 0 Å². The maximum atomic E-state index is 13.2. The van der Waals surface area contributed by atoms with Crippen molar-refractivity contribution in [3.05, 3.63) is 88.9 Å². The lowest BCUT2D eigenvalue weighted by atomic mass is 9.67. The number of hydrogen-bond donors (Lipinski definition) is 3. The van der Waals surface area contributed by atoms with Crippen LogP contribution >= 0.6 is 12.8 Å². The molecule has 2 aromatic rings. The lowest BCUT2D eigenvalue weighted by Crippen LogP contribution is -2.31. The number of hydrogen-bond acceptors (Lipinski definition) is 5. The van der Waals surface area contributed by atoms with E-state index in [4.69, 9.17) is 10.7 Å². The van der Waals surface area contributed by atoms with Gasteiger partial charge in [0.25, 0.3) is 0 Å². The molecular weight excluding hydrogens is 395 g/mol. The van der Waals surface area contributed by atoms with Crippen molar-refractivity contribution in [2.45, 2.75) is 26.2 Å². The Labute approximate surface area is 182 Å². The molecule has 0 aliphatic heterocycles. The molecule has 1 unspecified atom stereocenters. The second kappa shape index (κ2) is 9.75. The van der Waals surface area contributed by atoms with E-state index in [1.165, 1.54) is 17.7 Å². The molecule has 1 aliphatic rings. The third-order valence-corrected chi connectivity index (χ3v) is 5.65. The minimum atomic E-state index is -0.291. The molecule has 0 fully saturated rings. The Morgan fingerprint density at radius 2 is 2.07 bits per heavy atom. The average molecular weight is 421 g/mol. The number of aliphatic imine (C=N–C) groups is 1. The van der Waals surface area contributed by atoms with Crippen LogP contribution in [0.2, 0.25) is 0 Å². The number of nitriles is 1. The van der Waals surface area contributed by atoms with Gasteiger partial charge in [0.05, 0.1) is 23.0 Å². The SMILES string of the molecule is CC1(Cc2cccc(C#N)c2)CC(=CN)C(=Nc2ccc(F)cc2)C=C1CCNS. The van der Waals surface area contributed by atoms with Crippen molar-refractivity contribution < 1.29 is 4.39 Å². The minimum absolute atomic E-state index is 0.175. The molecule has 2 aromatic carbocycles. The number of halogens is 1. The third kappa shape index (κ3) is 5.18. The van der Waals surface area contributed by atoms with Crippen molar-refractivity contribution in [3.8, 4) is 6.07 Å². The minimum Gasteiger partial charge on any atom is -0.404 e. The molecule has 154 valence electrons. The summed E-state index contributed by atoms with van der Waals surface area (Å²) >= 11 is 4.14. The summed E-state index contributed by atoms with van der Waals surface area (Å²) in [6, 6.07) is 16.0. The van der Waals surface area contributed by atoms with Crippen molar-refractivity contribution in [3.63, 3.8) is 0 Å². The Bertz CT molecular complexity index is 1030. The van der Waals surface area contributed by atoms with Crippen LogP contribution in [0.1, 0.15) is 30.9 Å². The first-order valence-corrected chi connectivity index (χ1v) is 10.2. The number of benzene rings is 2. The summed E-state index contributed by atoms with van der Waals surface area (Å²) in [6.45, 7) is 2.93. The third-order valence-electron chi connectivity index (χ3n) is 5.43. The van der Waals surface area contributed by atoms with Crippen LogP contribution in [-0.4, -0.2) is 12.3 Å². The van der Waals surface area contributed by atoms with Crippen LogP contribution in [0.3, 0.4) is 0 Å². The van der Waals surface area contributed by atoms with Gasteiger partial charge < -0.3 is 5.73 Å². The van der Waals surface area contributed by atoms with Crippen molar-refractivity contribution >= 4 is 24.2 Å². The molecule has 0 heterocycles. The lowest BCUT2D eigenvalue weighted by molar-refractivity contribution is 0.377. The van der Waals surface area contributed by atoms with Gasteiger partial charge in [-0.2, -0.15) is 5.26 Å². The first-order chi connectivity index (χ1) is 14.5. The van der Waals surface area contributed by atoms with Gasteiger partial charge in [-0.15, -0.1) is 0 Å². The maximum absolute atomic E-state index is 13.2. The van der Waals surface area contributed by atoms with Gasteiger partial charge in [0.15, 0.2) is 0 Å². The fourth-order valence-corrected chi connectivity index (χ4v) is 4.01. The highest BCUT2D eigenvalue weighted by Crippen LogP contribution is 2.43. The fraction of sp³-hybridized carbons (Fsp3) is 0.250. The summed E-state index contributed by atoms with van der Waals surface area (Å²) < 4.78 is 16.2. The second-order valence-electron chi connectivity index (χ2n) is 7.72. The van der Waals surface area contributed by atoms with Gasteiger partial charge in [-0.05, 0) is 84.5 Å². The van der Waals surface area contributed by atoms with Crippen molar-refractivity contribution in [2.24, 2.45) is 16.1 Å². The largest absolute Gasteiger partial charge is 0.404 e. The quantitative estimate of drug-likeness (QED) is 0.575. The van der Waals surface area contributed by atoms with Gasteiger partial charge >= 0.3 is 0 Å². The van der Waals surface area contributed by atoms with Crippen LogP contribution in [0, 0.1) is 22.6 Å². The van der Waals surface area contributed by atoms with Crippen molar-refractivity contribution in [2.75, 3.05) is 6.54 Å². The molecule has 0 saturated heterocycles.